The van der Waals surface area contributed by atoms with E-state index in [0.29, 0.717) is 12.0 Å². The molecule has 0 spiro atoms. The van der Waals surface area contributed by atoms with Crippen molar-refractivity contribution in [2.75, 3.05) is 0 Å². The zero-order chi connectivity index (χ0) is 12.3. The average molecular weight is 238 g/mol. The Morgan fingerprint density at radius 3 is 2.76 bits per heavy atom. The monoisotopic (exact) mass is 238 g/mol. The van der Waals surface area contributed by atoms with Crippen LogP contribution in [0.15, 0.2) is 18.7 Å². The predicted molar refractivity (Wildman–Crippen MR) is 62.2 cm³/mol. The highest BCUT2D eigenvalue weighted by Gasteiger charge is 2.20. The third-order valence-corrected chi connectivity index (χ3v) is 3.42. The second kappa shape index (κ2) is 5.31. The van der Waals surface area contributed by atoms with Gasteiger partial charge < -0.3 is 10.8 Å². The van der Waals surface area contributed by atoms with Gasteiger partial charge in [-0.05, 0) is 31.6 Å². The van der Waals surface area contributed by atoms with Crippen LogP contribution in [0.3, 0.4) is 0 Å². The molecule has 1 saturated carbocycles. The molecule has 1 fully saturated rings. The minimum atomic E-state index is -0.809. The average Bonchev–Trinajstić information content (AvgIpc) is 2.68. The van der Waals surface area contributed by atoms with Crippen LogP contribution in [0.5, 0.6) is 0 Å². The molecule has 0 unspecified atom stereocenters. The van der Waals surface area contributed by atoms with Crippen molar-refractivity contribution < 1.29 is 14.5 Å². The first-order valence-corrected chi connectivity index (χ1v) is 6.15. The highest BCUT2D eigenvalue weighted by molar-refractivity contribution is 5.64. The van der Waals surface area contributed by atoms with E-state index in [1.54, 1.807) is 4.57 Å². The maximum absolute atomic E-state index is 10.6. The van der Waals surface area contributed by atoms with Crippen molar-refractivity contribution in [1.29, 1.82) is 0 Å². The first kappa shape index (κ1) is 12.1. The van der Waals surface area contributed by atoms with Crippen molar-refractivity contribution in [3.8, 4) is 0 Å². The van der Waals surface area contributed by atoms with E-state index in [9.17, 15) is 4.79 Å². The zero-order valence-electron chi connectivity index (χ0n) is 9.96. The van der Waals surface area contributed by atoms with Crippen molar-refractivity contribution in [3.63, 3.8) is 0 Å². The molecule has 5 nitrogen and oxygen atoms in total. The number of nitrogens with two attached hydrogens (primary N) is 1. The van der Waals surface area contributed by atoms with Crippen LogP contribution < -0.4 is 10.3 Å². The molecule has 1 aliphatic rings. The normalized spacial score (nSPS) is 24.8. The minimum absolute atomic E-state index is 0.0303. The van der Waals surface area contributed by atoms with Crippen LogP contribution in [0.1, 0.15) is 25.7 Å². The summed E-state index contributed by atoms with van der Waals surface area (Å²) in [6.45, 7) is 1.00. The quantitative estimate of drug-likeness (QED) is 0.745. The van der Waals surface area contributed by atoms with Crippen molar-refractivity contribution in [3.05, 3.63) is 18.7 Å². The summed E-state index contributed by atoms with van der Waals surface area (Å²) in [7, 11) is 0. The maximum Gasteiger partial charge on any atom is 0.346 e. The summed E-state index contributed by atoms with van der Waals surface area (Å²) in [5.74, 6) is -0.128. The van der Waals surface area contributed by atoms with Crippen molar-refractivity contribution >= 4 is 5.97 Å². The van der Waals surface area contributed by atoms with Gasteiger partial charge in [-0.1, -0.05) is 0 Å². The summed E-state index contributed by atoms with van der Waals surface area (Å²) in [5, 5.41) is 8.68. The number of aliphatic carboxylic acids is 1. The van der Waals surface area contributed by atoms with E-state index in [1.165, 1.54) is 12.8 Å². The molecule has 0 amide bonds. The molecule has 1 heterocycles. The number of hydrogen-bond acceptors (Lipinski definition) is 2. The fourth-order valence-electron chi connectivity index (χ4n) is 2.47. The molecule has 1 aromatic heterocycles. The Morgan fingerprint density at radius 1 is 1.41 bits per heavy atom. The molecule has 1 aromatic rings. The Morgan fingerprint density at radius 2 is 2.12 bits per heavy atom. The SMILES string of the molecule is NC1CCC(Cn2cc[n+](CC(=O)O)c2)CC1. The van der Waals surface area contributed by atoms with Gasteiger partial charge in [0, 0.05) is 6.04 Å². The topological polar surface area (TPSA) is 72.1 Å². The van der Waals surface area contributed by atoms with E-state index in [1.807, 2.05) is 18.7 Å². The van der Waals surface area contributed by atoms with Crippen LogP contribution >= 0.6 is 0 Å². The van der Waals surface area contributed by atoms with Crippen LogP contribution in [-0.4, -0.2) is 21.7 Å². The minimum Gasteiger partial charge on any atom is -0.478 e. The number of carbonyl (C=O) groups is 1. The molecule has 0 bridgehead atoms. The smallest absolute Gasteiger partial charge is 0.346 e. The first-order valence-electron chi connectivity index (χ1n) is 6.15. The lowest BCUT2D eigenvalue weighted by molar-refractivity contribution is -0.685. The number of nitrogens with zero attached hydrogens (tertiary/aromatic N) is 2. The maximum atomic E-state index is 10.6. The van der Waals surface area contributed by atoms with E-state index in [0.717, 1.165) is 19.4 Å². The third-order valence-electron chi connectivity index (χ3n) is 3.42. The molecule has 0 aliphatic heterocycles. The first-order chi connectivity index (χ1) is 8.13. The lowest BCUT2D eigenvalue weighted by Gasteiger charge is -2.24. The lowest BCUT2D eigenvalue weighted by atomic mass is 9.86. The van der Waals surface area contributed by atoms with Gasteiger partial charge in [-0.15, -0.1) is 0 Å². The van der Waals surface area contributed by atoms with Gasteiger partial charge >= 0.3 is 5.97 Å². The van der Waals surface area contributed by atoms with Gasteiger partial charge in [-0.2, -0.15) is 0 Å². The second-order valence-corrected chi connectivity index (χ2v) is 4.96. The molecule has 5 heteroatoms. The van der Waals surface area contributed by atoms with Gasteiger partial charge in [-0.3, -0.25) is 0 Å². The number of hydrogen-bond donors (Lipinski definition) is 2. The molecule has 2 rings (SSSR count). The number of carboxylic acid groups (broad SMARTS) is 1. The Labute approximate surface area is 101 Å². The van der Waals surface area contributed by atoms with E-state index < -0.39 is 5.97 Å². The van der Waals surface area contributed by atoms with Crippen LogP contribution in [0.2, 0.25) is 0 Å². The molecule has 0 aromatic carbocycles. The largest absolute Gasteiger partial charge is 0.478 e. The van der Waals surface area contributed by atoms with Crippen molar-refractivity contribution in [1.82, 2.24) is 4.57 Å². The van der Waals surface area contributed by atoms with Gasteiger partial charge in [0.2, 0.25) is 6.33 Å². The van der Waals surface area contributed by atoms with Crippen LogP contribution in [-0.2, 0) is 17.9 Å². The number of carboxylic acids is 1. The fraction of sp³-hybridized carbons (Fsp3) is 0.667. The van der Waals surface area contributed by atoms with E-state index in [4.69, 9.17) is 10.8 Å². The molecular formula is C12H20N3O2+. The Kier molecular flexibility index (Phi) is 3.78. The van der Waals surface area contributed by atoms with Gasteiger partial charge in [0.1, 0.15) is 12.4 Å². The molecule has 0 saturated heterocycles. The molecule has 0 atom stereocenters. The summed E-state index contributed by atoms with van der Waals surface area (Å²) in [6.07, 6.45) is 10.2. The summed E-state index contributed by atoms with van der Waals surface area (Å²) in [6, 6.07) is 0.382. The molecular weight excluding hydrogens is 218 g/mol. The molecule has 1 aliphatic carbocycles. The van der Waals surface area contributed by atoms with Crippen molar-refractivity contribution in [2.45, 2.75) is 44.8 Å². The lowest BCUT2D eigenvalue weighted by Crippen LogP contribution is -2.35. The van der Waals surface area contributed by atoms with Gasteiger partial charge in [-0.25, -0.2) is 13.9 Å². The van der Waals surface area contributed by atoms with Crippen LogP contribution in [0, 0.1) is 5.92 Å². The van der Waals surface area contributed by atoms with Crippen molar-refractivity contribution in [2.24, 2.45) is 11.7 Å². The summed E-state index contributed by atoms with van der Waals surface area (Å²) in [5.41, 5.74) is 5.87. The summed E-state index contributed by atoms with van der Waals surface area (Å²) < 4.78 is 3.77. The second-order valence-electron chi connectivity index (χ2n) is 4.96. The summed E-state index contributed by atoms with van der Waals surface area (Å²) in [4.78, 5) is 10.6. The molecule has 94 valence electrons. The number of rotatable bonds is 4. The van der Waals surface area contributed by atoms with Gasteiger partial charge in [0.05, 0.1) is 6.54 Å². The highest BCUT2D eigenvalue weighted by Crippen LogP contribution is 2.24. The van der Waals surface area contributed by atoms with Gasteiger partial charge in [0.25, 0.3) is 0 Å². The van der Waals surface area contributed by atoms with E-state index in [-0.39, 0.29) is 6.54 Å². The van der Waals surface area contributed by atoms with Gasteiger partial charge in [0.15, 0.2) is 6.54 Å². The Balaban J connectivity index is 1.86. The van der Waals surface area contributed by atoms with Crippen LogP contribution in [0.25, 0.3) is 0 Å². The molecule has 17 heavy (non-hydrogen) atoms. The third kappa shape index (κ3) is 3.56. The standard InChI is InChI=1S/C12H19N3O2/c13-11-3-1-10(2-4-11)7-14-5-6-15(9-14)8-12(16)17/h5-6,9-11H,1-4,7-8,13H2/p+1. The number of aromatic nitrogens is 2. The van der Waals surface area contributed by atoms with E-state index >= 15 is 0 Å². The highest BCUT2D eigenvalue weighted by atomic mass is 16.4. The molecule has 3 N–H and O–H groups in total. The molecule has 0 radical (unpaired) electrons. The fourth-order valence-corrected chi connectivity index (χ4v) is 2.47. The predicted octanol–water partition coefficient (Wildman–Crippen LogP) is 0.378. The number of imidazole rings is 1. The van der Waals surface area contributed by atoms with E-state index in [2.05, 4.69) is 4.57 Å². The van der Waals surface area contributed by atoms with Crippen LogP contribution in [0.4, 0.5) is 0 Å². The summed E-state index contributed by atoms with van der Waals surface area (Å²) >= 11 is 0. The zero-order valence-corrected chi connectivity index (χ0v) is 9.96. The Hall–Kier alpha value is -1.36. The Bertz CT molecular complexity index is 381.